The van der Waals surface area contributed by atoms with E-state index in [1.807, 2.05) is 35.7 Å². The molecule has 0 amide bonds. The molecule has 1 heterocycles. The predicted molar refractivity (Wildman–Crippen MR) is 76.8 cm³/mol. The number of aliphatic hydroxyl groups excluding tert-OH is 1. The van der Waals surface area contributed by atoms with Crippen LogP contribution in [0.1, 0.15) is 21.6 Å². The number of rotatable bonds is 6. The molecule has 0 bridgehead atoms. The summed E-state index contributed by atoms with van der Waals surface area (Å²) in [6.07, 6.45) is 0.961. The zero-order valence-corrected chi connectivity index (χ0v) is 11.4. The minimum absolute atomic E-state index is 0.0954. The Kier molecular flexibility index (Phi) is 5.10. The summed E-state index contributed by atoms with van der Waals surface area (Å²) in [5.74, 6) is 0. The van der Waals surface area contributed by atoms with Gasteiger partial charge in [0.05, 0.1) is 12.2 Å². The zero-order chi connectivity index (χ0) is 13.5. The van der Waals surface area contributed by atoms with Gasteiger partial charge >= 0.3 is 0 Å². The molecule has 0 fully saturated rings. The average Bonchev–Trinajstić information content (AvgIpc) is 2.92. The van der Waals surface area contributed by atoms with Crippen LogP contribution in [-0.4, -0.2) is 11.7 Å². The van der Waals surface area contributed by atoms with Crippen molar-refractivity contribution < 1.29 is 5.11 Å². The summed E-state index contributed by atoms with van der Waals surface area (Å²) in [7, 11) is 0. The molecule has 0 unspecified atom stereocenters. The Labute approximate surface area is 117 Å². The molecule has 98 valence electrons. The van der Waals surface area contributed by atoms with Crippen molar-refractivity contribution in [3.8, 4) is 6.07 Å². The van der Waals surface area contributed by atoms with Gasteiger partial charge in [-0.3, -0.25) is 0 Å². The smallest absolute Gasteiger partial charge is 0.100 e. The molecule has 2 aromatic rings. The lowest BCUT2D eigenvalue weighted by Crippen LogP contribution is -2.15. The number of hydrogen-bond donors (Lipinski definition) is 2. The zero-order valence-electron chi connectivity index (χ0n) is 10.6. The van der Waals surface area contributed by atoms with Gasteiger partial charge in [0.25, 0.3) is 0 Å². The first-order chi connectivity index (χ1) is 9.31. The molecule has 0 saturated heterocycles. The Morgan fingerprint density at radius 1 is 1.21 bits per heavy atom. The standard InChI is InChI=1S/C15H16N2OS/c16-8-14-7-15(19-11-14)9-17-6-5-12-1-3-13(10-18)4-2-12/h1-4,7,11,17-18H,5-6,9-10H2. The fraction of sp³-hybridized carbons (Fsp3) is 0.267. The van der Waals surface area contributed by atoms with Gasteiger partial charge in [0.15, 0.2) is 0 Å². The first-order valence-corrected chi connectivity index (χ1v) is 7.06. The number of nitrogens with zero attached hydrogens (tertiary/aromatic N) is 1. The third kappa shape index (κ3) is 4.18. The van der Waals surface area contributed by atoms with Crippen LogP contribution in [0.2, 0.25) is 0 Å². The molecule has 3 nitrogen and oxygen atoms in total. The topological polar surface area (TPSA) is 56.0 Å². The monoisotopic (exact) mass is 272 g/mol. The summed E-state index contributed by atoms with van der Waals surface area (Å²) < 4.78 is 0. The molecule has 0 radical (unpaired) electrons. The Morgan fingerprint density at radius 3 is 2.58 bits per heavy atom. The lowest BCUT2D eigenvalue weighted by molar-refractivity contribution is 0.282. The van der Waals surface area contributed by atoms with Gasteiger partial charge in [-0.15, -0.1) is 11.3 Å². The summed E-state index contributed by atoms with van der Waals surface area (Å²) in [5.41, 5.74) is 2.94. The molecular formula is C15H16N2OS. The van der Waals surface area contributed by atoms with E-state index in [2.05, 4.69) is 11.4 Å². The molecule has 0 spiro atoms. The van der Waals surface area contributed by atoms with E-state index in [-0.39, 0.29) is 6.61 Å². The molecule has 0 aliphatic carbocycles. The van der Waals surface area contributed by atoms with Crippen molar-refractivity contribution >= 4 is 11.3 Å². The Balaban J connectivity index is 1.72. The minimum Gasteiger partial charge on any atom is -0.392 e. The summed E-state index contributed by atoms with van der Waals surface area (Å²) in [4.78, 5) is 1.19. The Morgan fingerprint density at radius 2 is 1.95 bits per heavy atom. The number of hydrogen-bond acceptors (Lipinski definition) is 4. The van der Waals surface area contributed by atoms with Gasteiger partial charge in [-0.2, -0.15) is 5.26 Å². The first kappa shape index (κ1) is 13.8. The SMILES string of the molecule is N#Cc1csc(CNCCc2ccc(CO)cc2)c1. The molecule has 1 aromatic carbocycles. The molecule has 19 heavy (non-hydrogen) atoms. The molecule has 0 atom stereocenters. The second-order valence-corrected chi connectivity index (χ2v) is 5.31. The number of aliphatic hydroxyl groups is 1. The summed E-state index contributed by atoms with van der Waals surface area (Å²) in [6.45, 7) is 1.80. The van der Waals surface area contributed by atoms with Crippen LogP contribution in [0.25, 0.3) is 0 Å². The minimum atomic E-state index is 0.0954. The lowest BCUT2D eigenvalue weighted by atomic mass is 10.1. The van der Waals surface area contributed by atoms with Crippen molar-refractivity contribution in [2.45, 2.75) is 19.6 Å². The van der Waals surface area contributed by atoms with Crippen molar-refractivity contribution in [2.75, 3.05) is 6.54 Å². The normalized spacial score (nSPS) is 10.3. The van der Waals surface area contributed by atoms with Crippen molar-refractivity contribution in [3.05, 3.63) is 57.3 Å². The van der Waals surface area contributed by atoms with Crippen molar-refractivity contribution in [1.82, 2.24) is 5.32 Å². The highest BCUT2D eigenvalue weighted by atomic mass is 32.1. The quantitative estimate of drug-likeness (QED) is 0.794. The predicted octanol–water partition coefficient (Wildman–Crippen LogP) is 2.44. The Hall–Kier alpha value is -1.67. The van der Waals surface area contributed by atoms with E-state index in [9.17, 15) is 0 Å². The van der Waals surface area contributed by atoms with Gasteiger partial charge in [-0.05, 0) is 30.2 Å². The van der Waals surface area contributed by atoms with Crippen LogP contribution >= 0.6 is 11.3 Å². The first-order valence-electron chi connectivity index (χ1n) is 6.18. The van der Waals surface area contributed by atoms with Crippen molar-refractivity contribution in [3.63, 3.8) is 0 Å². The van der Waals surface area contributed by atoms with Crippen LogP contribution in [0, 0.1) is 11.3 Å². The van der Waals surface area contributed by atoms with Gasteiger partial charge in [-0.25, -0.2) is 0 Å². The molecule has 1 aromatic heterocycles. The van der Waals surface area contributed by atoms with E-state index in [4.69, 9.17) is 10.4 Å². The number of nitriles is 1. The maximum atomic E-state index is 8.96. The van der Waals surface area contributed by atoms with Gasteiger partial charge < -0.3 is 10.4 Å². The van der Waals surface area contributed by atoms with E-state index in [0.717, 1.165) is 30.6 Å². The second-order valence-electron chi connectivity index (χ2n) is 4.31. The van der Waals surface area contributed by atoms with Crippen LogP contribution in [0.5, 0.6) is 0 Å². The van der Waals surface area contributed by atoms with E-state index in [1.165, 1.54) is 10.4 Å². The highest BCUT2D eigenvalue weighted by Gasteiger charge is 1.99. The lowest BCUT2D eigenvalue weighted by Gasteiger charge is -2.04. The van der Waals surface area contributed by atoms with Gasteiger partial charge in [0.1, 0.15) is 6.07 Å². The number of benzene rings is 1. The highest BCUT2D eigenvalue weighted by Crippen LogP contribution is 2.13. The largest absolute Gasteiger partial charge is 0.392 e. The van der Waals surface area contributed by atoms with Crippen LogP contribution in [0.3, 0.4) is 0 Å². The van der Waals surface area contributed by atoms with Gasteiger partial charge in [0, 0.05) is 16.8 Å². The maximum absolute atomic E-state index is 8.96. The van der Waals surface area contributed by atoms with Crippen LogP contribution in [0.4, 0.5) is 0 Å². The maximum Gasteiger partial charge on any atom is 0.100 e. The summed E-state index contributed by atoms with van der Waals surface area (Å²) in [6, 6.07) is 12.1. The van der Waals surface area contributed by atoms with Crippen LogP contribution in [-0.2, 0) is 19.6 Å². The Bertz CT molecular complexity index is 554. The second kappa shape index (κ2) is 7.05. The molecule has 0 saturated carbocycles. The van der Waals surface area contributed by atoms with E-state index < -0.39 is 0 Å². The van der Waals surface area contributed by atoms with Crippen molar-refractivity contribution in [2.24, 2.45) is 0 Å². The fourth-order valence-corrected chi connectivity index (χ4v) is 2.57. The fourth-order valence-electron chi connectivity index (χ4n) is 1.79. The molecular weight excluding hydrogens is 256 g/mol. The number of nitrogens with one attached hydrogen (secondary N) is 1. The van der Waals surface area contributed by atoms with E-state index in [0.29, 0.717) is 0 Å². The molecule has 0 aliphatic rings. The third-order valence-corrected chi connectivity index (χ3v) is 3.81. The molecule has 2 rings (SSSR count). The van der Waals surface area contributed by atoms with E-state index >= 15 is 0 Å². The third-order valence-electron chi connectivity index (χ3n) is 2.88. The molecule has 2 N–H and O–H groups in total. The molecule has 4 heteroatoms. The van der Waals surface area contributed by atoms with Gasteiger partial charge in [0.2, 0.25) is 0 Å². The van der Waals surface area contributed by atoms with Crippen molar-refractivity contribution in [1.29, 1.82) is 5.26 Å². The number of thiophene rings is 1. The summed E-state index contributed by atoms with van der Waals surface area (Å²) >= 11 is 1.61. The highest BCUT2D eigenvalue weighted by molar-refractivity contribution is 7.10. The average molecular weight is 272 g/mol. The molecule has 0 aliphatic heterocycles. The summed E-state index contributed by atoms with van der Waals surface area (Å²) in [5, 5.41) is 22.9. The van der Waals surface area contributed by atoms with E-state index in [1.54, 1.807) is 11.3 Å². The van der Waals surface area contributed by atoms with Gasteiger partial charge in [-0.1, -0.05) is 24.3 Å². The van der Waals surface area contributed by atoms with Crippen LogP contribution in [0.15, 0.2) is 35.7 Å². The van der Waals surface area contributed by atoms with Crippen LogP contribution < -0.4 is 5.32 Å².